The maximum absolute atomic E-state index is 10.5. The molecule has 0 bridgehead atoms. The minimum Gasteiger partial charge on any atom is -0.351 e. The monoisotopic (exact) mass is 178 g/mol. The number of nitrogens with one attached hydrogen (secondary N) is 1. The second-order valence-corrected chi connectivity index (χ2v) is 2.68. The SMILES string of the molecule is Cc1ccc(C=O)cc1NC(N)=O. The summed E-state index contributed by atoms with van der Waals surface area (Å²) >= 11 is 0. The maximum Gasteiger partial charge on any atom is 0.316 e. The van der Waals surface area contributed by atoms with Gasteiger partial charge in [-0.1, -0.05) is 12.1 Å². The van der Waals surface area contributed by atoms with Crippen LogP contribution in [0.4, 0.5) is 10.5 Å². The number of nitrogens with two attached hydrogens (primary N) is 1. The van der Waals surface area contributed by atoms with Crippen molar-refractivity contribution in [2.75, 3.05) is 5.32 Å². The zero-order valence-corrected chi connectivity index (χ0v) is 7.20. The molecule has 0 saturated carbocycles. The number of carbonyl (C=O) groups is 2. The van der Waals surface area contributed by atoms with E-state index in [9.17, 15) is 9.59 Å². The van der Waals surface area contributed by atoms with Crippen molar-refractivity contribution in [1.82, 2.24) is 0 Å². The molecule has 0 saturated heterocycles. The van der Waals surface area contributed by atoms with Crippen LogP contribution in [0.3, 0.4) is 0 Å². The molecule has 68 valence electrons. The van der Waals surface area contributed by atoms with E-state index in [1.54, 1.807) is 18.2 Å². The Morgan fingerprint density at radius 2 is 2.23 bits per heavy atom. The summed E-state index contributed by atoms with van der Waals surface area (Å²) in [7, 11) is 0. The van der Waals surface area contributed by atoms with Crippen molar-refractivity contribution in [2.24, 2.45) is 5.73 Å². The van der Waals surface area contributed by atoms with Gasteiger partial charge in [0, 0.05) is 11.3 Å². The molecule has 0 atom stereocenters. The number of benzene rings is 1. The van der Waals surface area contributed by atoms with Gasteiger partial charge in [-0.2, -0.15) is 0 Å². The first-order valence-electron chi connectivity index (χ1n) is 3.76. The number of carbonyl (C=O) groups excluding carboxylic acids is 2. The van der Waals surface area contributed by atoms with Crippen molar-refractivity contribution in [1.29, 1.82) is 0 Å². The summed E-state index contributed by atoms with van der Waals surface area (Å²) in [5, 5.41) is 2.43. The first kappa shape index (κ1) is 9.25. The summed E-state index contributed by atoms with van der Waals surface area (Å²) in [5.41, 5.74) is 6.89. The number of anilines is 1. The molecule has 0 fully saturated rings. The highest BCUT2D eigenvalue weighted by atomic mass is 16.2. The van der Waals surface area contributed by atoms with Crippen LogP contribution in [0.2, 0.25) is 0 Å². The molecule has 0 heterocycles. The Kier molecular flexibility index (Phi) is 2.64. The van der Waals surface area contributed by atoms with E-state index in [1.807, 2.05) is 6.92 Å². The number of amides is 2. The lowest BCUT2D eigenvalue weighted by Crippen LogP contribution is -2.19. The second-order valence-electron chi connectivity index (χ2n) is 2.68. The number of hydrogen-bond acceptors (Lipinski definition) is 2. The number of urea groups is 1. The fourth-order valence-corrected chi connectivity index (χ4v) is 0.980. The van der Waals surface area contributed by atoms with Crippen LogP contribution in [-0.4, -0.2) is 12.3 Å². The van der Waals surface area contributed by atoms with Gasteiger partial charge in [0.25, 0.3) is 0 Å². The molecule has 13 heavy (non-hydrogen) atoms. The summed E-state index contributed by atoms with van der Waals surface area (Å²) in [5.74, 6) is 0. The fourth-order valence-electron chi connectivity index (χ4n) is 0.980. The lowest BCUT2D eigenvalue weighted by Gasteiger charge is -2.05. The van der Waals surface area contributed by atoms with Crippen LogP contribution in [0.1, 0.15) is 15.9 Å². The molecule has 1 aromatic rings. The van der Waals surface area contributed by atoms with E-state index in [4.69, 9.17) is 5.73 Å². The number of hydrogen-bond donors (Lipinski definition) is 2. The molecule has 0 radical (unpaired) electrons. The molecular weight excluding hydrogens is 168 g/mol. The van der Waals surface area contributed by atoms with Gasteiger partial charge in [-0.15, -0.1) is 0 Å². The van der Waals surface area contributed by atoms with Crippen molar-refractivity contribution in [3.05, 3.63) is 29.3 Å². The Balaban J connectivity index is 3.03. The molecule has 4 heteroatoms. The topological polar surface area (TPSA) is 72.2 Å². The van der Waals surface area contributed by atoms with Gasteiger partial charge in [-0.3, -0.25) is 4.79 Å². The van der Waals surface area contributed by atoms with E-state index in [1.165, 1.54) is 0 Å². The van der Waals surface area contributed by atoms with E-state index >= 15 is 0 Å². The molecular formula is C9H10N2O2. The Morgan fingerprint density at radius 3 is 2.77 bits per heavy atom. The van der Waals surface area contributed by atoms with Crippen LogP contribution in [0.15, 0.2) is 18.2 Å². The van der Waals surface area contributed by atoms with Crippen LogP contribution in [0, 0.1) is 6.92 Å². The standard InChI is InChI=1S/C9H10N2O2/c1-6-2-3-7(5-12)4-8(6)11-9(10)13/h2-5H,1H3,(H3,10,11,13). The quantitative estimate of drug-likeness (QED) is 0.670. The van der Waals surface area contributed by atoms with Gasteiger partial charge in [-0.05, 0) is 18.6 Å². The van der Waals surface area contributed by atoms with Crippen LogP contribution < -0.4 is 11.1 Å². The molecule has 1 rings (SSSR count). The van der Waals surface area contributed by atoms with E-state index in [0.29, 0.717) is 17.5 Å². The third-order valence-corrected chi connectivity index (χ3v) is 1.66. The van der Waals surface area contributed by atoms with Crippen LogP contribution in [0.5, 0.6) is 0 Å². The Labute approximate surface area is 75.7 Å². The summed E-state index contributed by atoms with van der Waals surface area (Å²) in [6, 6.07) is 4.36. The van der Waals surface area contributed by atoms with Gasteiger partial charge < -0.3 is 11.1 Å². The lowest BCUT2D eigenvalue weighted by molar-refractivity contribution is 0.112. The van der Waals surface area contributed by atoms with Gasteiger partial charge in [0.1, 0.15) is 6.29 Å². The molecule has 0 spiro atoms. The minimum atomic E-state index is -0.633. The van der Waals surface area contributed by atoms with Crippen LogP contribution >= 0.6 is 0 Å². The van der Waals surface area contributed by atoms with Gasteiger partial charge >= 0.3 is 6.03 Å². The minimum absolute atomic E-state index is 0.509. The smallest absolute Gasteiger partial charge is 0.316 e. The zero-order chi connectivity index (χ0) is 9.84. The highest BCUT2D eigenvalue weighted by Gasteiger charge is 2.01. The van der Waals surface area contributed by atoms with Gasteiger partial charge in [-0.25, -0.2) is 4.79 Å². The van der Waals surface area contributed by atoms with Gasteiger partial charge in [0.2, 0.25) is 0 Å². The highest BCUT2D eigenvalue weighted by molar-refractivity contribution is 5.90. The second kappa shape index (κ2) is 3.71. The molecule has 0 aliphatic heterocycles. The Morgan fingerprint density at radius 1 is 1.54 bits per heavy atom. The normalized spacial score (nSPS) is 9.31. The van der Waals surface area contributed by atoms with E-state index in [-0.39, 0.29) is 0 Å². The van der Waals surface area contributed by atoms with Crippen molar-refractivity contribution >= 4 is 18.0 Å². The maximum atomic E-state index is 10.5. The molecule has 4 nitrogen and oxygen atoms in total. The van der Waals surface area contributed by atoms with Crippen molar-refractivity contribution in [3.63, 3.8) is 0 Å². The molecule has 2 amide bonds. The van der Waals surface area contributed by atoms with Crippen molar-refractivity contribution in [3.8, 4) is 0 Å². The summed E-state index contributed by atoms with van der Waals surface area (Å²) < 4.78 is 0. The summed E-state index contributed by atoms with van der Waals surface area (Å²) in [6.07, 6.45) is 0.714. The van der Waals surface area contributed by atoms with Gasteiger partial charge in [0.15, 0.2) is 0 Å². The predicted octanol–water partition coefficient (Wildman–Crippen LogP) is 1.30. The molecule has 0 aromatic heterocycles. The molecule has 0 aliphatic rings. The first-order valence-corrected chi connectivity index (χ1v) is 3.76. The first-order chi connectivity index (χ1) is 6.13. The largest absolute Gasteiger partial charge is 0.351 e. The lowest BCUT2D eigenvalue weighted by atomic mass is 10.1. The highest BCUT2D eigenvalue weighted by Crippen LogP contribution is 2.15. The number of rotatable bonds is 2. The molecule has 0 aliphatic carbocycles. The van der Waals surface area contributed by atoms with Crippen LogP contribution in [-0.2, 0) is 0 Å². The van der Waals surface area contributed by atoms with Crippen molar-refractivity contribution < 1.29 is 9.59 Å². The Bertz CT molecular complexity index is 347. The molecule has 3 N–H and O–H groups in total. The number of primary amides is 1. The van der Waals surface area contributed by atoms with E-state index in [2.05, 4.69) is 5.32 Å². The van der Waals surface area contributed by atoms with E-state index < -0.39 is 6.03 Å². The summed E-state index contributed by atoms with van der Waals surface area (Å²) in [4.78, 5) is 21.0. The average Bonchev–Trinajstić information content (AvgIpc) is 2.08. The predicted molar refractivity (Wildman–Crippen MR) is 49.8 cm³/mol. The number of aryl methyl sites for hydroxylation is 1. The Hall–Kier alpha value is -1.84. The fraction of sp³-hybridized carbons (Fsp3) is 0.111. The number of aldehydes is 1. The third-order valence-electron chi connectivity index (χ3n) is 1.66. The molecule has 0 unspecified atom stereocenters. The summed E-state index contributed by atoms with van der Waals surface area (Å²) in [6.45, 7) is 1.82. The third kappa shape index (κ3) is 2.30. The average molecular weight is 178 g/mol. The van der Waals surface area contributed by atoms with E-state index in [0.717, 1.165) is 5.56 Å². The van der Waals surface area contributed by atoms with Gasteiger partial charge in [0.05, 0.1) is 0 Å². The van der Waals surface area contributed by atoms with Crippen molar-refractivity contribution in [2.45, 2.75) is 6.92 Å². The molecule has 1 aromatic carbocycles. The zero-order valence-electron chi connectivity index (χ0n) is 7.20. The van der Waals surface area contributed by atoms with Crippen LogP contribution in [0.25, 0.3) is 0 Å².